The highest BCUT2D eigenvalue weighted by Crippen LogP contribution is 2.34. The van der Waals surface area contributed by atoms with Gasteiger partial charge < -0.3 is 21.7 Å². The lowest BCUT2D eigenvalue weighted by Gasteiger charge is -2.24. The van der Waals surface area contributed by atoms with E-state index in [-0.39, 0.29) is 6.04 Å². The maximum atomic E-state index is 5.93. The van der Waals surface area contributed by atoms with Gasteiger partial charge in [0.05, 0.1) is 29.1 Å². The number of pyridine rings is 1. The lowest BCUT2D eigenvalue weighted by atomic mass is 10.1. The molecule has 1 aromatic heterocycles. The van der Waals surface area contributed by atoms with Crippen LogP contribution in [0.5, 0.6) is 0 Å². The maximum absolute atomic E-state index is 5.93. The first kappa shape index (κ1) is 15.1. The fourth-order valence-electron chi connectivity index (χ4n) is 2.55. The number of anilines is 3. The summed E-state index contributed by atoms with van der Waals surface area (Å²) < 4.78 is 0. The van der Waals surface area contributed by atoms with Crippen molar-refractivity contribution in [1.29, 1.82) is 0 Å². The third-order valence-electron chi connectivity index (χ3n) is 3.71. The Morgan fingerprint density at radius 1 is 1.17 bits per heavy atom. The van der Waals surface area contributed by atoms with Gasteiger partial charge in [-0.25, -0.2) is 9.98 Å². The zero-order valence-corrected chi connectivity index (χ0v) is 13.7. The zero-order chi connectivity index (χ0) is 16.6. The van der Waals surface area contributed by atoms with Crippen LogP contribution in [0, 0.1) is 0 Å². The fraction of sp³-hybridized carbons (Fsp3) is 0.294. The largest absolute Gasteiger partial charge is 0.397 e. The summed E-state index contributed by atoms with van der Waals surface area (Å²) in [7, 11) is 2.00. The molecule has 23 heavy (non-hydrogen) atoms. The molecule has 120 valence electrons. The first-order chi connectivity index (χ1) is 10.9. The molecule has 0 fully saturated rings. The quantitative estimate of drug-likeness (QED) is 0.758. The minimum absolute atomic E-state index is 0.287. The van der Waals surface area contributed by atoms with Crippen molar-refractivity contribution in [3.8, 4) is 11.3 Å². The summed E-state index contributed by atoms with van der Waals surface area (Å²) in [5, 5.41) is 3.42. The Labute approximate surface area is 136 Å². The van der Waals surface area contributed by atoms with E-state index < -0.39 is 0 Å². The van der Waals surface area contributed by atoms with Gasteiger partial charge in [0.15, 0.2) is 0 Å². The number of hydrogen-bond acceptors (Lipinski definition) is 6. The Morgan fingerprint density at radius 3 is 2.65 bits per heavy atom. The van der Waals surface area contributed by atoms with Crippen molar-refractivity contribution >= 4 is 29.2 Å². The first-order valence-corrected chi connectivity index (χ1v) is 7.64. The molecule has 1 aromatic carbocycles. The molecule has 0 atom stereocenters. The third-order valence-corrected chi connectivity index (χ3v) is 3.71. The van der Waals surface area contributed by atoms with Gasteiger partial charge in [-0.3, -0.25) is 0 Å². The number of nitrogens with zero attached hydrogens (tertiary/aromatic N) is 3. The second kappa shape index (κ2) is 5.79. The molecule has 5 N–H and O–H groups in total. The smallest absolute Gasteiger partial charge is 0.134 e. The van der Waals surface area contributed by atoms with E-state index in [4.69, 9.17) is 16.5 Å². The van der Waals surface area contributed by atoms with Crippen LogP contribution in [0.4, 0.5) is 22.9 Å². The number of fused-ring (bicyclic) bond motifs is 1. The molecule has 0 aliphatic carbocycles. The molecule has 1 aliphatic rings. The molecule has 0 radical (unpaired) electrons. The molecule has 0 saturated carbocycles. The van der Waals surface area contributed by atoms with Crippen molar-refractivity contribution in [2.75, 3.05) is 23.8 Å². The molecule has 0 unspecified atom stereocenters. The summed E-state index contributed by atoms with van der Waals surface area (Å²) in [6.45, 7) is 4.97. The van der Waals surface area contributed by atoms with Crippen molar-refractivity contribution in [3.63, 3.8) is 0 Å². The average Bonchev–Trinajstić information content (AvgIpc) is 2.50. The zero-order valence-electron chi connectivity index (χ0n) is 13.7. The van der Waals surface area contributed by atoms with Gasteiger partial charge in [0.1, 0.15) is 5.82 Å². The Hall–Kier alpha value is -2.76. The van der Waals surface area contributed by atoms with E-state index in [1.54, 1.807) is 6.07 Å². The van der Waals surface area contributed by atoms with Crippen LogP contribution in [-0.4, -0.2) is 29.3 Å². The van der Waals surface area contributed by atoms with Crippen LogP contribution in [0.15, 0.2) is 29.3 Å². The van der Waals surface area contributed by atoms with Gasteiger partial charge in [-0.1, -0.05) is 6.07 Å². The summed E-state index contributed by atoms with van der Waals surface area (Å²) >= 11 is 0. The molecule has 3 rings (SSSR count). The minimum Gasteiger partial charge on any atom is -0.397 e. The molecule has 2 aromatic rings. The Morgan fingerprint density at radius 2 is 1.96 bits per heavy atom. The summed E-state index contributed by atoms with van der Waals surface area (Å²) in [5.41, 5.74) is 16.7. The van der Waals surface area contributed by atoms with E-state index in [9.17, 15) is 0 Å². The molecule has 0 bridgehead atoms. The summed E-state index contributed by atoms with van der Waals surface area (Å²) in [5.74, 6) is 0.867. The fourth-order valence-corrected chi connectivity index (χ4v) is 2.55. The van der Waals surface area contributed by atoms with Crippen LogP contribution in [0.25, 0.3) is 11.3 Å². The first-order valence-electron chi connectivity index (χ1n) is 7.64. The van der Waals surface area contributed by atoms with Crippen LogP contribution in [0.3, 0.4) is 0 Å². The predicted molar refractivity (Wildman–Crippen MR) is 96.9 cm³/mol. The Kier molecular flexibility index (Phi) is 3.82. The second-order valence-corrected chi connectivity index (χ2v) is 6.16. The van der Waals surface area contributed by atoms with E-state index in [2.05, 4.69) is 24.2 Å². The highest BCUT2D eigenvalue weighted by molar-refractivity contribution is 5.79. The number of benzene rings is 1. The van der Waals surface area contributed by atoms with Crippen molar-refractivity contribution < 1.29 is 0 Å². The molecule has 6 nitrogen and oxygen atoms in total. The second-order valence-electron chi connectivity index (χ2n) is 6.16. The van der Waals surface area contributed by atoms with Gasteiger partial charge >= 0.3 is 0 Å². The molecule has 0 amide bonds. The summed E-state index contributed by atoms with van der Waals surface area (Å²) in [6, 6.07) is 7.86. The molecule has 1 aliphatic heterocycles. The maximum Gasteiger partial charge on any atom is 0.134 e. The molecule has 0 spiro atoms. The Balaban J connectivity index is 2.12. The van der Waals surface area contributed by atoms with Gasteiger partial charge in [0.25, 0.3) is 0 Å². The van der Waals surface area contributed by atoms with E-state index in [1.165, 1.54) is 0 Å². The number of hydrogen-bond donors (Lipinski definition) is 3. The highest BCUT2D eigenvalue weighted by Gasteiger charge is 2.18. The summed E-state index contributed by atoms with van der Waals surface area (Å²) in [4.78, 5) is 11.4. The highest BCUT2D eigenvalue weighted by atomic mass is 15.2. The number of nitrogen functional groups attached to an aromatic ring is 2. The molecule has 2 heterocycles. The van der Waals surface area contributed by atoms with Crippen LogP contribution in [0.2, 0.25) is 0 Å². The number of rotatable bonds is 3. The Bertz CT molecular complexity index is 766. The van der Waals surface area contributed by atoms with Crippen LogP contribution in [-0.2, 0) is 6.54 Å². The molecular weight excluding hydrogens is 288 g/mol. The van der Waals surface area contributed by atoms with Gasteiger partial charge in [-0.15, -0.1) is 0 Å². The third kappa shape index (κ3) is 3.06. The van der Waals surface area contributed by atoms with Gasteiger partial charge in [-0.2, -0.15) is 0 Å². The van der Waals surface area contributed by atoms with Crippen molar-refractivity contribution in [2.24, 2.45) is 4.99 Å². The number of nitrogens with one attached hydrogen (secondary N) is 1. The standard InChI is InChI=1S/C17H22N6/c1-10(2)21-17-12-8-23(3)9-20-16(12)7-15(22-17)11-4-5-13(18)14(19)6-11/h4-7,9-10H,8,18-19H2,1-3H3,(H,21,22). The van der Waals surface area contributed by atoms with Gasteiger partial charge in [0.2, 0.25) is 0 Å². The monoisotopic (exact) mass is 310 g/mol. The predicted octanol–water partition coefficient (Wildman–Crippen LogP) is 2.84. The SMILES string of the molecule is CC(C)Nc1nc(-c2ccc(N)c(N)c2)cc2c1CN(C)C=N2. The van der Waals surface area contributed by atoms with Crippen LogP contribution >= 0.6 is 0 Å². The van der Waals surface area contributed by atoms with Crippen molar-refractivity contribution in [3.05, 3.63) is 29.8 Å². The normalized spacial score (nSPS) is 13.3. The molecular formula is C17H22N6. The van der Waals surface area contributed by atoms with E-state index in [1.807, 2.05) is 36.5 Å². The topological polar surface area (TPSA) is 92.6 Å². The minimum atomic E-state index is 0.287. The number of nitrogens with two attached hydrogens (primary N) is 2. The van der Waals surface area contributed by atoms with Gasteiger partial charge in [-0.05, 0) is 32.0 Å². The number of aromatic nitrogens is 1. The van der Waals surface area contributed by atoms with E-state index in [0.29, 0.717) is 11.4 Å². The van der Waals surface area contributed by atoms with E-state index in [0.717, 1.165) is 34.9 Å². The average molecular weight is 310 g/mol. The van der Waals surface area contributed by atoms with Crippen LogP contribution in [0.1, 0.15) is 19.4 Å². The summed E-state index contributed by atoms with van der Waals surface area (Å²) in [6.07, 6.45) is 1.84. The van der Waals surface area contributed by atoms with Crippen molar-refractivity contribution in [1.82, 2.24) is 9.88 Å². The lowest BCUT2D eigenvalue weighted by Crippen LogP contribution is -2.22. The van der Waals surface area contributed by atoms with E-state index >= 15 is 0 Å². The van der Waals surface area contributed by atoms with Crippen molar-refractivity contribution in [2.45, 2.75) is 26.4 Å². The van der Waals surface area contributed by atoms with Crippen LogP contribution < -0.4 is 16.8 Å². The molecule has 6 heteroatoms. The molecule has 0 saturated heterocycles. The van der Waals surface area contributed by atoms with Gasteiger partial charge in [0, 0.05) is 30.8 Å². The lowest BCUT2D eigenvalue weighted by molar-refractivity contribution is 0.508. The number of aliphatic imine (C=N–C) groups is 1.